The van der Waals surface area contributed by atoms with Crippen molar-refractivity contribution in [2.24, 2.45) is 10.8 Å². The molecule has 0 aliphatic rings. The fourth-order valence-corrected chi connectivity index (χ4v) is 1.57. The zero-order valence-corrected chi connectivity index (χ0v) is 19.6. The zero-order chi connectivity index (χ0) is 20.9. The van der Waals surface area contributed by atoms with Crippen LogP contribution in [0.2, 0.25) is 0 Å². The van der Waals surface area contributed by atoms with Crippen molar-refractivity contribution in [3.63, 3.8) is 0 Å². The summed E-state index contributed by atoms with van der Waals surface area (Å²) in [7, 11) is 0. The molecule has 0 bridgehead atoms. The first-order valence-electron chi connectivity index (χ1n) is 9.43. The summed E-state index contributed by atoms with van der Waals surface area (Å²) >= 11 is 0. The molecular weight excluding hydrogens is 307 g/mol. The molecule has 0 saturated heterocycles. The quantitative estimate of drug-likeness (QED) is 0.439. The summed E-state index contributed by atoms with van der Waals surface area (Å²) in [6.45, 7) is 30.1. The van der Waals surface area contributed by atoms with Gasteiger partial charge in [-0.15, -0.1) is 0 Å². The molecule has 0 aliphatic carbocycles. The van der Waals surface area contributed by atoms with E-state index in [-0.39, 0.29) is 16.6 Å². The van der Waals surface area contributed by atoms with E-state index in [2.05, 4.69) is 76.2 Å². The minimum absolute atomic E-state index is 0.0771. The van der Waals surface area contributed by atoms with E-state index >= 15 is 0 Å². The summed E-state index contributed by atoms with van der Waals surface area (Å²) in [6.07, 6.45) is 0. The van der Waals surface area contributed by atoms with Gasteiger partial charge in [0.05, 0.1) is 0 Å². The number of hydrogen-bond acceptors (Lipinski definition) is 0. The Morgan fingerprint density at radius 1 is 0.560 bits per heavy atom. The van der Waals surface area contributed by atoms with Crippen molar-refractivity contribution in [3.8, 4) is 0 Å². The van der Waals surface area contributed by atoms with Gasteiger partial charge in [-0.2, -0.15) is 0 Å². The molecule has 0 unspecified atom stereocenters. The SMILES string of the molecule is CC(C)(C)C.CC(C)(C)C.CC(C)(C)c1ccc(F)c(C(C)(C)C)c1. The van der Waals surface area contributed by atoms with E-state index in [0.717, 1.165) is 5.56 Å². The van der Waals surface area contributed by atoms with Crippen LogP contribution >= 0.6 is 0 Å². The van der Waals surface area contributed by atoms with Crippen molar-refractivity contribution < 1.29 is 4.39 Å². The molecule has 0 atom stereocenters. The second-order valence-electron chi connectivity index (χ2n) is 12.2. The van der Waals surface area contributed by atoms with Gasteiger partial charge in [-0.3, -0.25) is 0 Å². The van der Waals surface area contributed by atoms with Gasteiger partial charge < -0.3 is 0 Å². The van der Waals surface area contributed by atoms with Gasteiger partial charge in [-0.05, 0) is 38.9 Å². The van der Waals surface area contributed by atoms with Crippen LogP contribution < -0.4 is 0 Å². The Balaban J connectivity index is 0. The molecule has 1 heteroatoms. The number of hydrogen-bond donors (Lipinski definition) is 0. The van der Waals surface area contributed by atoms with Gasteiger partial charge in [-0.1, -0.05) is 109 Å². The van der Waals surface area contributed by atoms with Crippen LogP contribution in [0.3, 0.4) is 0 Å². The van der Waals surface area contributed by atoms with Gasteiger partial charge in [0, 0.05) is 0 Å². The minimum Gasteiger partial charge on any atom is -0.207 e. The first kappa shape index (κ1) is 26.4. The number of benzene rings is 1. The Kier molecular flexibility index (Phi) is 9.70. The van der Waals surface area contributed by atoms with Crippen molar-refractivity contribution >= 4 is 0 Å². The Bertz CT molecular complexity index is 473. The molecule has 1 aromatic carbocycles. The molecule has 25 heavy (non-hydrogen) atoms. The van der Waals surface area contributed by atoms with Gasteiger partial charge in [0.2, 0.25) is 0 Å². The highest BCUT2D eigenvalue weighted by molar-refractivity contribution is 5.33. The number of rotatable bonds is 0. The standard InChI is InChI=1S/C14H21F.2C5H12/c1-13(2,3)10-7-8-12(15)11(9-10)14(4,5)6;2*1-5(2,3)4/h7-9H,1-6H3;2*1-4H3. The summed E-state index contributed by atoms with van der Waals surface area (Å²) in [6, 6.07) is 5.46. The molecular formula is C24H45F. The molecule has 0 aliphatic heterocycles. The Hall–Kier alpha value is -0.850. The summed E-state index contributed by atoms with van der Waals surface area (Å²) in [5, 5.41) is 0. The maximum Gasteiger partial charge on any atom is 0.126 e. The predicted octanol–water partition coefficient (Wildman–Crippen LogP) is 8.53. The van der Waals surface area contributed by atoms with Crippen LogP contribution in [-0.2, 0) is 10.8 Å². The molecule has 0 amide bonds. The lowest BCUT2D eigenvalue weighted by molar-refractivity contribution is 0.469. The first-order valence-corrected chi connectivity index (χ1v) is 9.43. The van der Waals surface area contributed by atoms with Crippen LogP contribution in [0.15, 0.2) is 18.2 Å². The lowest BCUT2D eigenvalue weighted by atomic mass is 9.80. The van der Waals surface area contributed by atoms with Crippen molar-refractivity contribution in [2.45, 2.75) is 108 Å². The normalized spacial score (nSPS) is 12.6. The van der Waals surface area contributed by atoms with E-state index in [1.54, 1.807) is 6.07 Å². The molecule has 1 rings (SSSR count). The maximum atomic E-state index is 13.7. The average molecular weight is 353 g/mol. The van der Waals surface area contributed by atoms with Crippen LogP contribution in [0.25, 0.3) is 0 Å². The minimum atomic E-state index is -0.134. The van der Waals surface area contributed by atoms with Crippen LogP contribution in [0.4, 0.5) is 4.39 Å². The van der Waals surface area contributed by atoms with Gasteiger partial charge in [-0.25, -0.2) is 4.39 Å². The largest absolute Gasteiger partial charge is 0.207 e. The Morgan fingerprint density at radius 2 is 0.880 bits per heavy atom. The summed E-state index contributed by atoms with van der Waals surface area (Å²) < 4.78 is 13.7. The fourth-order valence-electron chi connectivity index (χ4n) is 1.57. The monoisotopic (exact) mass is 352 g/mol. The van der Waals surface area contributed by atoms with E-state index in [1.165, 1.54) is 5.56 Å². The lowest BCUT2D eigenvalue weighted by Gasteiger charge is -2.25. The van der Waals surface area contributed by atoms with Gasteiger partial charge in [0.1, 0.15) is 5.82 Å². The van der Waals surface area contributed by atoms with Crippen molar-refractivity contribution in [1.82, 2.24) is 0 Å². The molecule has 0 radical (unpaired) electrons. The van der Waals surface area contributed by atoms with Crippen LogP contribution in [0, 0.1) is 16.6 Å². The van der Waals surface area contributed by atoms with Gasteiger partial charge >= 0.3 is 0 Å². The topological polar surface area (TPSA) is 0 Å². The third kappa shape index (κ3) is 17.8. The molecule has 0 saturated carbocycles. The molecule has 0 aromatic heterocycles. The third-order valence-corrected chi connectivity index (χ3v) is 2.64. The summed E-state index contributed by atoms with van der Waals surface area (Å²) in [5.74, 6) is -0.101. The predicted molar refractivity (Wildman–Crippen MR) is 114 cm³/mol. The Labute approximate surface area is 158 Å². The second-order valence-corrected chi connectivity index (χ2v) is 12.2. The van der Waals surface area contributed by atoms with Crippen molar-refractivity contribution in [3.05, 3.63) is 35.1 Å². The molecule has 0 spiro atoms. The van der Waals surface area contributed by atoms with E-state index in [4.69, 9.17) is 0 Å². The fraction of sp³-hybridized carbons (Fsp3) is 0.750. The van der Waals surface area contributed by atoms with E-state index in [9.17, 15) is 4.39 Å². The lowest BCUT2D eigenvalue weighted by Crippen LogP contribution is -2.17. The maximum absolute atomic E-state index is 13.7. The molecule has 148 valence electrons. The average Bonchev–Trinajstić information content (AvgIpc) is 2.21. The van der Waals surface area contributed by atoms with Gasteiger partial charge in [0.15, 0.2) is 0 Å². The molecule has 1 aromatic rings. The van der Waals surface area contributed by atoms with Crippen molar-refractivity contribution in [2.75, 3.05) is 0 Å². The number of halogens is 1. The molecule has 0 nitrogen and oxygen atoms in total. The summed E-state index contributed by atoms with van der Waals surface area (Å²) in [4.78, 5) is 0. The zero-order valence-electron chi connectivity index (χ0n) is 19.6. The molecule has 0 fully saturated rings. The van der Waals surface area contributed by atoms with Gasteiger partial charge in [0.25, 0.3) is 0 Å². The highest BCUT2D eigenvalue weighted by Gasteiger charge is 2.22. The van der Waals surface area contributed by atoms with E-state index in [0.29, 0.717) is 10.8 Å². The van der Waals surface area contributed by atoms with E-state index < -0.39 is 0 Å². The highest BCUT2D eigenvalue weighted by Crippen LogP contribution is 2.30. The first-order chi connectivity index (χ1) is 10.6. The molecule has 0 heterocycles. The third-order valence-electron chi connectivity index (χ3n) is 2.64. The van der Waals surface area contributed by atoms with E-state index in [1.807, 2.05) is 32.9 Å². The second kappa shape index (κ2) is 9.19. The summed E-state index contributed by atoms with van der Waals surface area (Å²) in [5.41, 5.74) is 2.93. The van der Waals surface area contributed by atoms with Crippen molar-refractivity contribution in [1.29, 1.82) is 0 Å². The molecule has 0 N–H and O–H groups in total. The van der Waals surface area contributed by atoms with Crippen LogP contribution in [0.5, 0.6) is 0 Å². The smallest absolute Gasteiger partial charge is 0.126 e. The highest BCUT2D eigenvalue weighted by atomic mass is 19.1. The van der Waals surface area contributed by atoms with Crippen LogP contribution in [-0.4, -0.2) is 0 Å². The Morgan fingerprint density at radius 3 is 1.12 bits per heavy atom. The van der Waals surface area contributed by atoms with Crippen LogP contribution in [0.1, 0.15) is 108 Å².